The van der Waals surface area contributed by atoms with Gasteiger partial charge in [-0.1, -0.05) is 19.9 Å². The predicted octanol–water partition coefficient (Wildman–Crippen LogP) is 2.54. The van der Waals surface area contributed by atoms with E-state index in [1.54, 1.807) is 0 Å². The van der Waals surface area contributed by atoms with Gasteiger partial charge >= 0.3 is 0 Å². The molecule has 0 rings (SSSR count). The highest BCUT2D eigenvalue weighted by Gasteiger charge is 2.05. The van der Waals surface area contributed by atoms with Crippen LogP contribution in [0.1, 0.15) is 26.7 Å². The molecule has 0 saturated carbocycles. The van der Waals surface area contributed by atoms with Crippen LogP contribution >= 0.6 is 0 Å². The summed E-state index contributed by atoms with van der Waals surface area (Å²) in [7, 11) is 0. The SMILES string of the molecule is C=CN(CCCC)/C(O)=C(\C)O. The summed E-state index contributed by atoms with van der Waals surface area (Å²) in [6.07, 6.45) is 3.51. The third-order valence-corrected chi connectivity index (χ3v) is 1.57. The average molecular weight is 171 g/mol. The van der Waals surface area contributed by atoms with Gasteiger partial charge in [-0.15, -0.1) is 0 Å². The number of allylic oxidation sites excluding steroid dienone is 1. The number of unbranched alkanes of at least 4 members (excludes halogenated alkanes) is 1. The van der Waals surface area contributed by atoms with E-state index in [1.807, 2.05) is 0 Å². The fourth-order valence-corrected chi connectivity index (χ4v) is 0.820. The summed E-state index contributed by atoms with van der Waals surface area (Å²) < 4.78 is 0. The standard InChI is InChI=1S/C9H17NO2/c1-4-6-7-10(5-2)9(12)8(3)11/h5,11-12H,2,4,6-7H2,1,3H3/b9-8-. The fourth-order valence-electron chi connectivity index (χ4n) is 0.820. The van der Waals surface area contributed by atoms with E-state index >= 15 is 0 Å². The second kappa shape index (κ2) is 5.52. The van der Waals surface area contributed by atoms with Gasteiger partial charge in [-0.25, -0.2) is 0 Å². The van der Waals surface area contributed by atoms with Gasteiger partial charge in [0.25, 0.3) is 0 Å². The van der Waals surface area contributed by atoms with Gasteiger partial charge in [0.1, 0.15) is 5.76 Å². The molecular formula is C9H17NO2. The van der Waals surface area contributed by atoms with Crippen molar-refractivity contribution in [3.05, 3.63) is 24.4 Å². The fraction of sp³-hybridized carbons (Fsp3) is 0.556. The Morgan fingerprint density at radius 1 is 1.50 bits per heavy atom. The summed E-state index contributed by atoms with van der Waals surface area (Å²) >= 11 is 0. The van der Waals surface area contributed by atoms with E-state index in [1.165, 1.54) is 18.0 Å². The topological polar surface area (TPSA) is 43.7 Å². The van der Waals surface area contributed by atoms with Crippen molar-refractivity contribution in [1.82, 2.24) is 4.90 Å². The smallest absolute Gasteiger partial charge is 0.229 e. The van der Waals surface area contributed by atoms with Gasteiger partial charge in [0, 0.05) is 6.54 Å². The van der Waals surface area contributed by atoms with Gasteiger partial charge < -0.3 is 15.1 Å². The maximum Gasteiger partial charge on any atom is 0.229 e. The molecule has 3 nitrogen and oxygen atoms in total. The van der Waals surface area contributed by atoms with Crippen molar-refractivity contribution in [2.75, 3.05) is 6.54 Å². The van der Waals surface area contributed by atoms with E-state index < -0.39 is 0 Å². The lowest BCUT2D eigenvalue weighted by Crippen LogP contribution is -2.18. The van der Waals surface area contributed by atoms with Crippen molar-refractivity contribution in [1.29, 1.82) is 0 Å². The Labute approximate surface area is 73.6 Å². The van der Waals surface area contributed by atoms with Crippen molar-refractivity contribution in [2.24, 2.45) is 0 Å². The van der Waals surface area contributed by atoms with Crippen LogP contribution in [0.4, 0.5) is 0 Å². The van der Waals surface area contributed by atoms with Crippen molar-refractivity contribution in [3.8, 4) is 0 Å². The Morgan fingerprint density at radius 3 is 2.42 bits per heavy atom. The number of rotatable bonds is 5. The molecule has 0 aromatic carbocycles. The molecule has 0 aromatic rings. The van der Waals surface area contributed by atoms with E-state index in [4.69, 9.17) is 5.11 Å². The number of nitrogens with zero attached hydrogens (tertiary/aromatic N) is 1. The second-order valence-electron chi connectivity index (χ2n) is 2.64. The predicted molar refractivity (Wildman–Crippen MR) is 49.8 cm³/mol. The molecule has 0 aliphatic heterocycles. The molecule has 0 unspecified atom stereocenters. The molecule has 0 saturated heterocycles. The van der Waals surface area contributed by atoms with Crippen molar-refractivity contribution in [2.45, 2.75) is 26.7 Å². The van der Waals surface area contributed by atoms with Crippen LogP contribution in [0.5, 0.6) is 0 Å². The van der Waals surface area contributed by atoms with E-state index in [2.05, 4.69) is 13.5 Å². The van der Waals surface area contributed by atoms with Crippen LogP contribution in [0.2, 0.25) is 0 Å². The lowest BCUT2D eigenvalue weighted by molar-refractivity contribution is 0.214. The lowest BCUT2D eigenvalue weighted by Gasteiger charge is -2.18. The van der Waals surface area contributed by atoms with Crippen molar-refractivity contribution < 1.29 is 10.2 Å². The van der Waals surface area contributed by atoms with E-state index in [0.29, 0.717) is 6.54 Å². The first-order valence-electron chi connectivity index (χ1n) is 4.11. The van der Waals surface area contributed by atoms with Gasteiger partial charge in [-0.2, -0.15) is 0 Å². The number of hydrogen-bond acceptors (Lipinski definition) is 3. The lowest BCUT2D eigenvalue weighted by atomic mass is 10.3. The van der Waals surface area contributed by atoms with Crippen LogP contribution in [0.15, 0.2) is 24.4 Å². The Kier molecular flexibility index (Phi) is 5.00. The average Bonchev–Trinajstić information content (AvgIpc) is 2.05. The van der Waals surface area contributed by atoms with Crippen LogP contribution in [0, 0.1) is 0 Å². The van der Waals surface area contributed by atoms with Gasteiger partial charge in [0.2, 0.25) is 5.88 Å². The molecule has 2 N–H and O–H groups in total. The first kappa shape index (κ1) is 10.9. The maximum atomic E-state index is 9.30. The number of aliphatic hydroxyl groups excluding tert-OH is 2. The molecule has 0 aliphatic rings. The van der Waals surface area contributed by atoms with E-state index in [-0.39, 0.29) is 11.6 Å². The molecule has 0 bridgehead atoms. The molecule has 0 amide bonds. The Balaban J connectivity index is 4.15. The van der Waals surface area contributed by atoms with Crippen LogP contribution < -0.4 is 0 Å². The Hall–Kier alpha value is -1.12. The third-order valence-electron chi connectivity index (χ3n) is 1.57. The summed E-state index contributed by atoms with van der Waals surface area (Å²) in [5.74, 6) is -0.190. The van der Waals surface area contributed by atoms with Crippen molar-refractivity contribution >= 4 is 0 Å². The van der Waals surface area contributed by atoms with Crippen molar-refractivity contribution in [3.63, 3.8) is 0 Å². The molecule has 0 heterocycles. The Morgan fingerprint density at radius 2 is 2.08 bits per heavy atom. The van der Waals surface area contributed by atoms with Gasteiger partial charge in [0.15, 0.2) is 0 Å². The maximum absolute atomic E-state index is 9.30. The van der Waals surface area contributed by atoms with Gasteiger partial charge in [-0.05, 0) is 19.5 Å². The molecule has 70 valence electrons. The van der Waals surface area contributed by atoms with Gasteiger partial charge in [-0.3, -0.25) is 0 Å². The first-order chi connectivity index (χ1) is 5.63. The molecule has 12 heavy (non-hydrogen) atoms. The number of aliphatic hydroxyl groups is 2. The highest BCUT2D eigenvalue weighted by Crippen LogP contribution is 2.06. The van der Waals surface area contributed by atoms with Gasteiger partial charge in [0.05, 0.1) is 0 Å². The minimum atomic E-state index is -0.113. The molecule has 0 fully saturated rings. The molecule has 0 atom stereocenters. The molecule has 0 aromatic heterocycles. The quantitative estimate of drug-likeness (QED) is 0.625. The minimum Gasteiger partial charge on any atom is -0.507 e. The minimum absolute atomic E-state index is 0.0778. The van der Waals surface area contributed by atoms with E-state index in [0.717, 1.165) is 12.8 Å². The molecule has 0 spiro atoms. The molecule has 3 heteroatoms. The van der Waals surface area contributed by atoms with Crippen LogP contribution in [-0.4, -0.2) is 21.7 Å². The third kappa shape index (κ3) is 3.32. The van der Waals surface area contributed by atoms with Crippen LogP contribution in [0.25, 0.3) is 0 Å². The second-order valence-corrected chi connectivity index (χ2v) is 2.64. The summed E-state index contributed by atoms with van der Waals surface area (Å²) in [6, 6.07) is 0. The number of hydrogen-bond donors (Lipinski definition) is 2. The summed E-state index contributed by atoms with van der Waals surface area (Å²) in [6.45, 7) is 7.73. The largest absolute Gasteiger partial charge is 0.507 e. The zero-order valence-electron chi connectivity index (χ0n) is 7.75. The summed E-state index contributed by atoms with van der Waals surface area (Å²) in [5, 5.41) is 18.3. The Bertz CT molecular complexity index is 171. The molecular weight excluding hydrogens is 154 g/mol. The zero-order chi connectivity index (χ0) is 9.56. The van der Waals surface area contributed by atoms with E-state index in [9.17, 15) is 5.11 Å². The zero-order valence-corrected chi connectivity index (χ0v) is 7.75. The summed E-state index contributed by atoms with van der Waals surface area (Å²) in [4.78, 5) is 1.53. The monoisotopic (exact) mass is 171 g/mol. The summed E-state index contributed by atoms with van der Waals surface area (Å²) in [5.41, 5.74) is 0. The highest BCUT2D eigenvalue weighted by atomic mass is 16.3. The van der Waals surface area contributed by atoms with Crippen LogP contribution in [-0.2, 0) is 0 Å². The normalized spacial score (nSPS) is 12.2. The highest BCUT2D eigenvalue weighted by molar-refractivity contribution is 4.98. The first-order valence-corrected chi connectivity index (χ1v) is 4.11. The molecule has 0 aliphatic carbocycles. The van der Waals surface area contributed by atoms with Crippen LogP contribution in [0.3, 0.4) is 0 Å². The molecule has 0 radical (unpaired) electrons.